The van der Waals surface area contributed by atoms with Gasteiger partial charge < -0.3 is 28.9 Å². The highest BCUT2D eigenvalue weighted by molar-refractivity contribution is 8.13. The predicted octanol–water partition coefficient (Wildman–Crippen LogP) is 3.50. The van der Waals surface area contributed by atoms with Gasteiger partial charge in [0.1, 0.15) is 18.7 Å². The van der Waals surface area contributed by atoms with Crippen LogP contribution in [-0.2, 0) is 28.1 Å². The molecule has 2 aromatic rings. The van der Waals surface area contributed by atoms with Crippen molar-refractivity contribution in [2.24, 2.45) is 0 Å². The number of imidazole rings is 1. The Hall–Kier alpha value is -1.77. The SMILES string of the molecule is CCC(=O)SCCOCCOP(O[C@@H]1C[C@H](n2cnc3c(NC(C)=O)ncnc32)O[C@@H]1CO)N(C(C)C)C(C)C. The van der Waals surface area contributed by atoms with Crippen LogP contribution in [0.2, 0.25) is 0 Å². The number of hydrogen-bond donors (Lipinski definition) is 2. The van der Waals surface area contributed by atoms with Crippen molar-refractivity contribution in [1.82, 2.24) is 24.2 Å². The molecule has 2 N–H and O–H groups in total. The summed E-state index contributed by atoms with van der Waals surface area (Å²) in [6, 6.07) is 0.298. The van der Waals surface area contributed by atoms with Crippen LogP contribution in [-0.4, -0.2) is 96.8 Å². The number of thioether (sulfide) groups is 1. The second-order valence-electron chi connectivity index (χ2n) is 9.74. The Kier molecular flexibility index (Phi) is 13.1. The van der Waals surface area contributed by atoms with Gasteiger partial charge in [0.05, 0.1) is 38.9 Å². The zero-order chi connectivity index (χ0) is 29.2. The lowest BCUT2D eigenvalue weighted by Gasteiger charge is -2.37. The van der Waals surface area contributed by atoms with Crippen LogP contribution in [0.4, 0.5) is 5.82 Å². The molecular formula is C25H41N6O7PS. The Morgan fingerprint density at radius 3 is 2.62 bits per heavy atom. The molecule has 40 heavy (non-hydrogen) atoms. The maximum atomic E-state index is 11.6. The first-order valence-corrected chi connectivity index (χ1v) is 15.6. The van der Waals surface area contributed by atoms with Crippen LogP contribution in [0, 0.1) is 0 Å². The molecule has 1 saturated heterocycles. The van der Waals surface area contributed by atoms with E-state index < -0.39 is 27.0 Å². The van der Waals surface area contributed by atoms with Crippen LogP contribution in [0.5, 0.6) is 0 Å². The number of ether oxygens (including phenoxy) is 2. The topological polar surface area (TPSA) is 150 Å². The van der Waals surface area contributed by atoms with Gasteiger partial charge in [-0.25, -0.2) is 19.6 Å². The number of aliphatic hydroxyl groups excluding tert-OH is 1. The number of hydrogen-bond acceptors (Lipinski definition) is 12. The van der Waals surface area contributed by atoms with E-state index in [-0.39, 0.29) is 29.7 Å². The van der Waals surface area contributed by atoms with Gasteiger partial charge in [0.2, 0.25) is 5.91 Å². The van der Waals surface area contributed by atoms with Crippen molar-refractivity contribution < 1.29 is 33.2 Å². The number of carbonyl (C=O) groups excluding carboxylic acids is 2. The molecule has 0 aromatic carbocycles. The van der Waals surface area contributed by atoms with E-state index in [0.717, 1.165) is 0 Å². The normalized spacial score (nSPS) is 20.2. The van der Waals surface area contributed by atoms with Crippen LogP contribution in [0.3, 0.4) is 0 Å². The van der Waals surface area contributed by atoms with Crippen molar-refractivity contribution in [3.8, 4) is 0 Å². The minimum Gasteiger partial charge on any atom is -0.394 e. The Balaban J connectivity index is 1.68. The van der Waals surface area contributed by atoms with E-state index in [9.17, 15) is 14.7 Å². The van der Waals surface area contributed by atoms with Gasteiger partial charge in [-0.15, -0.1) is 0 Å². The van der Waals surface area contributed by atoms with Gasteiger partial charge in [-0.2, -0.15) is 0 Å². The first-order valence-electron chi connectivity index (χ1n) is 13.5. The minimum absolute atomic E-state index is 0.149. The summed E-state index contributed by atoms with van der Waals surface area (Å²) in [5.41, 5.74) is 0.946. The number of aromatic nitrogens is 4. The molecule has 3 rings (SSSR count). The monoisotopic (exact) mass is 600 g/mol. The van der Waals surface area contributed by atoms with Crippen molar-refractivity contribution in [1.29, 1.82) is 0 Å². The maximum absolute atomic E-state index is 11.6. The largest absolute Gasteiger partial charge is 0.394 e. The van der Waals surface area contributed by atoms with Crippen LogP contribution in [0.15, 0.2) is 12.7 Å². The molecule has 3 heterocycles. The third-order valence-electron chi connectivity index (χ3n) is 6.00. The van der Waals surface area contributed by atoms with Gasteiger partial charge in [-0.3, -0.25) is 14.2 Å². The highest BCUT2D eigenvalue weighted by Gasteiger charge is 2.41. The molecule has 0 aliphatic carbocycles. The summed E-state index contributed by atoms with van der Waals surface area (Å²) in [6.07, 6.45) is 2.36. The van der Waals surface area contributed by atoms with Gasteiger partial charge in [0.15, 0.2) is 22.1 Å². The van der Waals surface area contributed by atoms with Gasteiger partial charge >= 0.3 is 0 Å². The Labute approximate surface area is 240 Å². The van der Waals surface area contributed by atoms with Crippen molar-refractivity contribution in [3.05, 3.63) is 12.7 Å². The first-order chi connectivity index (χ1) is 19.2. The molecule has 0 spiro atoms. The Bertz CT molecular complexity index is 1100. The number of aliphatic hydroxyl groups is 1. The molecule has 1 aliphatic heterocycles. The number of nitrogens with one attached hydrogen (secondary N) is 1. The lowest BCUT2D eigenvalue weighted by atomic mass is 10.2. The van der Waals surface area contributed by atoms with Crippen LogP contribution in [0.1, 0.15) is 60.6 Å². The van der Waals surface area contributed by atoms with E-state index in [4.69, 9.17) is 18.5 Å². The molecule has 13 nitrogen and oxygen atoms in total. The molecule has 0 saturated carbocycles. The zero-order valence-corrected chi connectivity index (χ0v) is 25.7. The van der Waals surface area contributed by atoms with E-state index in [2.05, 4.69) is 52.6 Å². The van der Waals surface area contributed by atoms with Crippen molar-refractivity contribution in [2.45, 2.75) is 84.9 Å². The number of amides is 1. The fourth-order valence-corrected chi connectivity index (χ4v) is 6.68. The lowest BCUT2D eigenvalue weighted by molar-refractivity contribution is -0.114. The fraction of sp³-hybridized carbons (Fsp3) is 0.720. The summed E-state index contributed by atoms with van der Waals surface area (Å²) in [5.74, 6) is 0.672. The van der Waals surface area contributed by atoms with Crippen LogP contribution in [0.25, 0.3) is 11.2 Å². The molecular weight excluding hydrogens is 559 g/mol. The smallest absolute Gasteiger partial charge is 0.259 e. The molecule has 1 aliphatic rings. The number of anilines is 1. The molecule has 1 amide bonds. The summed E-state index contributed by atoms with van der Waals surface area (Å²) in [7, 11) is -1.51. The summed E-state index contributed by atoms with van der Waals surface area (Å²) in [6.45, 7) is 12.5. The molecule has 0 radical (unpaired) electrons. The lowest BCUT2D eigenvalue weighted by Crippen LogP contribution is -2.36. The fourth-order valence-electron chi connectivity index (χ4n) is 4.30. The van der Waals surface area contributed by atoms with E-state index in [1.165, 1.54) is 25.0 Å². The summed E-state index contributed by atoms with van der Waals surface area (Å²) >= 11 is 1.28. The van der Waals surface area contributed by atoms with E-state index in [1.54, 1.807) is 10.9 Å². The van der Waals surface area contributed by atoms with Gasteiger partial charge in [-0.1, -0.05) is 18.7 Å². The quantitative estimate of drug-likeness (QED) is 0.214. The molecule has 0 bridgehead atoms. The predicted molar refractivity (Wildman–Crippen MR) is 154 cm³/mol. The van der Waals surface area contributed by atoms with Crippen molar-refractivity contribution >= 4 is 48.3 Å². The van der Waals surface area contributed by atoms with Gasteiger partial charge in [-0.05, 0) is 27.7 Å². The summed E-state index contributed by atoms with van der Waals surface area (Å²) < 4.78 is 28.5. The first kappa shape index (κ1) is 32.7. The van der Waals surface area contributed by atoms with Gasteiger partial charge in [0.25, 0.3) is 8.53 Å². The van der Waals surface area contributed by atoms with E-state index in [1.807, 2.05) is 6.92 Å². The standard InChI is InChI=1S/C25H41N6O7PS/c1-7-22(34)40-11-10-35-8-9-36-39(31(16(2)3)17(4)5)38-19-12-21(37-20(19)13-32)30-15-28-23-24(29-18(6)33)26-14-27-25(23)30/h14-17,19-21,32H,7-13H2,1-6H3,(H,26,27,29,33)/t19-,20-,21-,39?/m1/s1. The summed E-state index contributed by atoms with van der Waals surface area (Å²) in [4.78, 5) is 35.8. The average molecular weight is 601 g/mol. The maximum Gasteiger partial charge on any atom is 0.259 e. The summed E-state index contributed by atoms with van der Waals surface area (Å²) in [5, 5.41) is 13.0. The highest BCUT2D eigenvalue weighted by Crippen LogP contribution is 2.50. The second-order valence-corrected chi connectivity index (χ2v) is 12.3. The second kappa shape index (κ2) is 16.0. The van der Waals surface area contributed by atoms with E-state index in [0.29, 0.717) is 55.4 Å². The Morgan fingerprint density at radius 2 is 1.98 bits per heavy atom. The highest BCUT2D eigenvalue weighted by atomic mass is 32.2. The third-order valence-corrected chi connectivity index (χ3v) is 9.14. The number of carbonyl (C=O) groups is 2. The van der Waals surface area contributed by atoms with Gasteiger partial charge in [0, 0.05) is 37.6 Å². The number of fused-ring (bicyclic) bond motifs is 1. The van der Waals surface area contributed by atoms with Crippen molar-refractivity contribution in [2.75, 3.05) is 37.5 Å². The number of nitrogens with zero attached hydrogens (tertiary/aromatic N) is 5. The Morgan fingerprint density at radius 1 is 1.23 bits per heavy atom. The third kappa shape index (κ3) is 8.86. The van der Waals surface area contributed by atoms with Crippen LogP contribution >= 0.6 is 20.3 Å². The molecule has 15 heteroatoms. The zero-order valence-electron chi connectivity index (χ0n) is 24.0. The number of rotatable bonds is 16. The molecule has 224 valence electrons. The average Bonchev–Trinajstić information content (AvgIpc) is 3.51. The van der Waals surface area contributed by atoms with Crippen molar-refractivity contribution in [3.63, 3.8) is 0 Å². The molecule has 2 aromatic heterocycles. The molecule has 1 fully saturated rings. The molecule has 1 unspecified atom stereocenters. The van der Waals surface area contributed by atoms with E-state index >= 15 is 0 Å². The van der Waals surface area contributed by atoms with Crippen LogP contribution < -0.4 is 5.32 Å². The minimum atomic E-state index is -1.51. The molecule has 4 atom stereocenters.